The lowest BCUT2D eigenvalue weighted by molar-refractivity contribution is -0.140. The highest BCUT2D eigenvalue weighted by molar-refractivity contribution is 5.86. The number of aromatic hydroxyl groups is 1. The minimum absolute atomic E-state index is 0.196. The van der Waals surface area contributed by atoms with Gasteiger partial charge in [0, 0.05) is 16.7 Å². The number of esters is 1. The average Bonchev–Trinajstić information content (AvgIpc) is 2.61. The molecular formula is C24H38O6. The fourth-order valence-electron chi connectivity index (χ4n) is 2.69. The molecule has 1 N–H and O–H groups in total. The summed E-state index contributed by atoms with van der Waals surface area (Å²) in [4.78, 5) is 11.2. The van der Waals surface area contributed by atoms with Gasteiger partial charge in [0.25, 0.3) is 0 Å². The van der Waals surface area contributed by atoms with Gasteiger partial charge in [0.2, 0.25) is 0 Å². The Bertz CT molecular complexity index is 674. The van der Waals surface area contributed by atoms with E-state index in [9.17, 15) is 9.90 Å². The summed E-state index contributed by atoms with van der Waals surface area (Å²) in [6.07, 6.45) is 0. The van der Waals surface area contributed by atoms with Crippen LogP contribution in [-0.4, -0.2) is 50.7 Å². The highest BCUT2D eigenvalue weighted by atomic mass is 16.6. The van der Waals surface area contributed by atoms with E-state index in [0.29, 0.717) is 44.4 Å². The fraction of sp³-hybridized carbons (Fsp3) is 0.625. The maximum atomic E-state index is 11.2. The molecule has 0 fully saturated rings. The van der Waals surface area contributed by atoms with Gasteiger partial charge in [-0.2, -0.15) is 0 Å². The van der Waals surface area contributed by atoms with Crippen LogP contribution in [0, 0.1) is 0 Å². The number of hydrogen-bond donors (Lipinski definition) is 1. The third-order valence-corrected chi connectivity index (χ3v) is 4.38. The smallest absolute Gasteiger partial charge is 0.333 e. The monoisotopic (exact) mass is 422 g/mol. The van der Waals surface area contributed by atoms with Gasteiger partial charge >= 0.3 is 5.97 Å². The lowest BCUT2D eigenvalue weighted by Gasteiger charge is -2.28. The Balaban J connectivity index is 2.41. The molecular weight excluding hydrogens is 384 g/mol. The second-order valence-corrected chi connectivity index (χ2v) is 9.36. The molecule has 0 aliphatic heterocycles. The Kier molecular flexibility index (Phi) is 9.85. The molecule has 6 heteroatoms. The van der Waals surface area contributed by atoms with Crippen molar-refractivity contribution < 1.29 is 28.8 Å². The number of benzene rings is 1. The predicted octanol–water partition coefficient (Wildman–Crippen LogP) is 4.52. The van der Waals surface area contributed by atoms with Crippen molar-refractivity contribution in [1.82, 2.24) is 0 Å². The summed E-state index contributed by atoms with van der Waals surface area (Å²) in [5.74, 6) is 0.650. The van der Waals surface area contributed by atoms with Gasteiger partial charge in [0.1, 0.15) is 24.7 Å². The number of carbonyl (C=O) groups excluding carboxylic acids is 1. The molecule has 0 unspecified atom stereocenters. The zero-order chi connectivity index (χ0) is 22.9. The maximum absolute atomic E-state index is 11.2. The molecule has 30 heavy (non-hydrogen) atoms. The Morgan fingerprint density at radius 2 is 1.30 bits per heavy atom. The highest BCUT2D eigenvalue weighted by Crippen LogP contribution is 2.41. The van der Waals surface area contributed by atoms with Gasteiger partial charge < -0.3 is 24.1 Å². The molecule has 0 bridgehead atoms. The van der Waals surface area contributed by atoms with E-state index in [1.54, 1.807) is 6.92 Å². The van der Waals surface area contributed by atoms with E-state index >= 15 is 0 Å². The first kappa shape index (κ1) is 26.0. The molecule has 0 heterocycles. The number of rotatable bonds is 11. The summed E-state index contributed by atoms with van der Waals surface area (Å²) < 4.78 is 21.7. The van der Waals surface area contributed by atoms with Gasteiger partial charge in [0.05, 0.1) is 26.4 Å². The van der Waals surface area contributed by atoms with E-state index in [4.69, 9.17) is 18.9 Å². The van der Waals surface area contributed by atoms with Crippen molar-refractivity contribution in [1.29, 1.82) is 0 Å². The first-order chi connectivity index (χ1) is 13.8. The topological polar surface area (TPSA) is 74.2 Å². The van der Waals surface area contributed by atoms with Crippen molar-refractivity contribution in [2.75, 3.05) is 39.6 Å². The summed E-state index contributed by atoms with van der Waals surface area (Å²) in [6.45, 7) is 19.7. The van der Waals surface area contributed by atoms with E-state index in [1.807, 2.05) is 12.1 Å². The lowest BCUT2D eigenvalue weighted by Crippen LogP contribution is -2.18. The molecule has 6 nitrogen and oxygen atoms in total. The second kappa shape index (κ2) is 11.4. The van der Waals surface area contributed by atoms with E-state index in [1.165, 1.54) is 0 Å². The van der Waals surface area contributed by atoms with Crippen molar-refractivity contribution in [3.05, 3.63) is 35.4 Å². The Morgan fingerprint density at radius 1 is 0.867 bits per heavy atom. The van der Waals surface area contributed by atoms with E-state index in [2.05, 4.69) is 48.1 Å². The zero-order valence-electron chi connectivity index (χ0n) is 19.6. The molecule has 1 rings (SSSR count). The zero-order valence-corrected chi connectivity index (χ0v) is 19.6. The van der Waals surface area contributed by atoms with Crippen LogP contribution in [0.15, 0.2) is 24.3 Å². The molecule has 0 saturated carbocycles. The Morgan fingerprint density at radius 3 is 1.73 bits per heavy atom. The summed E-state index contributed by atoms with van der Waals surface area (Å²) in [6, 6.07) is 3.81. The summed E-state index contributed by atoms with van der Waals surface area (Å²) in [5.41, 5.74) is 1.71. The van der Waals surface area contributed by atoms with Crippen molar-refractivity contribution in [3.8, 4) is 11.5 Å². The molecule has 170 valence electrons. The van der Waals surface area contributed by atoms with Crippen LogP contribution in [0.1, 0.15) is 59.6 Å². The molecule has 0 spiro atoms. The second-order valence-electron chi connectivity index (χ2n) is 9.36. The molecule has 0 aromatic heterocycles. The maximum Gasteiger partial charge on any atom is 0.333 e. The van der Waals surface area contributed by atoms with Gasteiger partial charge in [-0.1, -0.05) is 48.1 Å². The number of hydrogen-bond acceptors (Lipinski definition) is 6. The summed E-state index contributed by atoms with van der Waals surface area (Å²) >= 11 is 0. The van der Waals surface area contributed by atoms with Crippen LogP contribution in [0.2, 0.25) is 0 Å². The SMILES string of the molecule is C=C(C)C(=O)OCCOCCOCCOc1cc(C(C)(C)C)c(O)c(C(C)(C)C)c1. The molecule has 0 amide bonds. The minimum atomic E-state index is -0.412. The summed E-state index contributed by atoms with van der Waals surface area (Å²) in [5, 5.41) is 10.7. The van der Waals surface area contributed by atoms with Crippen LogP contribution in [0.5, 0.6) is 11.5 Å². The standard InChI is InChI=1S/C24H38O6/c1-17(2)22(26)30-14-12-28-10-9-27-11-13-29-18-15-19(23(3,4)5)21(25)20(16-18)24(6,7)8/h15-16,25H,1,9-14H2,2-8H3. The Labute approximate surface area is 181 Å². The third-order valence-electron chi connectivity index (χ3n) is 4.38. The number of carbonyl (C=O) groups is 1. The van der Waals surface area contributed by atoms with Crippen molar-refractivity contribution in [3.63, 3.8) is 0 Å². The first-order valence-electron chi connectivity index (χ1n) is 10.3. The van der Waals surface area contributed by atoms with E-state index in [-0.39, 0.29) is 17.4 Å². The molecule has 1 aromatic rings. The van der Waals surface area contributed by atoms with Crippen molar-refractivity contribution in [2.24, 2.45) is 0 Å². The molecule has 0 aliphatic rings. The van der Waals surface area contributed by atoms with Crippen LogP contribution in [0.25, 0.3) is 0 Å². The molecule has 0 aliphatic carbocycles. The quantitative estimate of drug-likeness (QED) is 0.321. The predicted molar refractivity (Wildman–Crippen MR) is 118 cm³/mol. The fourth-order valence-corrected chi connectivity index (χ4v) is 2.69. The van der Waals surface area contributed by atoms with E-state index in [0.717, 1.165) is 16.9 Å². The van der Waals surface area contributed by atoms with Crippen LogP contribution in [0.4, 0.5) is 0 Å². The molecule has 0 radical (unpaired) electrons. The molecule has 0 atom stereocenters. The van der Waals surface area contributed by atoms with Crippen molar-refractivity contribution >= 4 is 5.97 Å². The lowest BCUT2D eigenvalue weighted by atomic mass is 9.79. The van der Waals surface area contributed by atoms with Gasteiger partial charge in [-0.3, -0.25) is 0 Å². The van der Waals surface area contributed by atoms with Gasteiger partial charge in [-0.15, -0.1) is 0 Å². The van der Waals surface area contributed by atoms with Crippen LogP contribution in [0.3, 0.4) is 0 Å². The Hall–Kier alpha value is -2.05. The van der Waals surface area contributed by atoms with Crippen LogP contribution in [-0.2, 0) is 29.8 Å². The van der Waals surface area contributed by atoms with Gasteiger partial charge in [-0.05, 0) is 29.9 Å². The van der Waals surface area contributed by atoms with Gasteiger partial charge in [-0.25, -0.2) is 4.79 Å². The highest BCUT2D eigenvalue weighted by Gasteiger charge is 2.26. The van der Waals surface area contributed by atoms with Gasteiger partial charge in [0.15, 0.2) is 0 Å². The molecule has 0 saturated heterocycles. The van der Waals surface area contributed by atoms with E-state index < -0.39 is 5.97 Å². The number of phenols is 1. The van der Waals surface area contributed by atoms with Crippen LogP contribution < -0.4 is 4.74 Å². The number of ether oxygens (including phenoxy) is 4. The van der Waals surface area contributed by atoms with Crippen LogP contribution >= 0.6 is 0 Å². The normalized spacial score (nSPS) is 12.0. The average molecular weight is 423 g/mol. The number of phenolic OH excluding ortho intramolecular Hbond substituents is 1. The largest absolute Gasteiger partial charge is 0.507 e. The minimum Gasteiger partial charge on any atom is -0.507 e. The third kappa shape index (κ3) is 8.76. The molecule has 1 aromatic carbocycles. The first-order valence-corrected chi connectivity index (χ1v) is 10.3. The summed E-state index contributed by atoms with van der Waals surface area (Å²) in [7, 11) is 0. The van der Waals surface area contributed by atoms with Crippen molar-refractivity contribution in [2.45, 2.75) is 59.3 Å².